The van der Waals surface area contributed by atoms with E-state index in [0.717, 1.165) is 77.0 Å². The number of hydrogen-bond donors (Lipinski definition) is 0. The zero-order valence-corrected chi connectivity index (χ0v) is 50.6. The number of rotatable bonds is 58. The van der Waals surface area contributed by atoms with Crippen molar-refractivity contribution in [1.82, 2.24) is 0 Å². The first-order chi connectivity index (χ1) is 37.6. The predicted molar refractivity (Wildman–Crippen MR) is 324 cm³/mol. The average Bonchev–Trinajstić information content (AvgIpc) is 3.40. The molecule has 0 aromatic heterocycles. The van der Waals surface area contributed by atoms with Gasteiger partial charge in [-0.3, -0.25) is 9.59 Å². The van der Waals surface area contributed by atoms with E-state index in [2.05, 4.69) is 98.9 Å². The number of unbranched alkanes of at least 4 members (excludes halogenated alkanes) is 29. The smallest absolute Gasteiger partial charge is 0.306 e. The van der Waals surface area contributed by atoms with Gasteiger partial charge in [-0.25, -0.2) is 0 Å². The van der Waals surface area contributed by atoms with Gasteiger partial charge in [0.1, 0.15) is 13.2 Å². The van der Waals surface area contributed by atoms with Crippen LogP contribution in [0.25, 0.3) is 0 Å². The molecule has 444 valence electrons. The quantitative estimate of drug-likeness (QED) is 0.0195. The van der Waals surface area contributed by atoms with Crippen LogP contribution in [0.15, 0.2) is 85.1 Å². The molecule has 0 N–H and O–H groups in total. The van der Waals surface area contributed by atoms with Crippen molar-refractivity contribution < 1.29 is 42.9 Å². The highest BCUT2D eigenvalue weighted by atomic mass is 16.7. The first-order valence-electron chi connectivity index (χ1n) is 31.7. The van der Waals surface area contributed by atoms with Gasteiger partial charge < -0.3 is 33.3 Å². The Bertz CT molecular complexity index is 1540. The van der Waals surface area contributed by atoms with Crippen molar-refractivity contribution in [3.63, 3.8) is 0 Å². The summed E-state index contributed by atoms with van der Waals surface area (Å²) in [6.07, 6.45) is 74.9. The Morgan fingerprint density at radius 2 is 0.740 bits per heavy atom. The van der Waals surface area contributed by atoms with Gasteiger partial charge in [0, 0.05) is 12.8 Å². The van der Waals surface area contributed by atoms with Gasteiger partial charge in [-0.1, -0.05) is 253 Å². The zero-order valence-electron chi connectivity index (χ0n) is 50.6. The lowest BCUT2D eigenvalue weighted by Crippen LogP contribution is -2.44. The third-order valence-corrected chi connectivity index (χ3v) is 13.6. The molecule has 0 saturated heterocycles. The van der Waals surface area contributed by atoms with Crippen LogP contribution in [-0.2, 0) is 33.3 Å². The monoisotopic (exact) mass is 1080 g/mol. The third-order valence-electron chi connectivity index (χ3n) is 13.6. The number of allylic oxidation sites excluding steroid dienone is 14. The van der Waals surface area contributed by atoms with Gasteiger partial charge in [0.15, 0.2) is 12.4 Å². The second-order valence-corrected chi connectivity index (χ2v) is 22.3. The molecule has 77 heavy (non-hydrogen) atoms. The molecule has 0 aromatic rings. The maximum absolute atomic E-state index is 12.9. The van der Waals surface area contributed by atoms with Crippen molar-refractivity contribution in [2.45, 2.75) is 283 Å². The highest BCUT2D eigenvalue weighted by Gasteiger charge is 2.22. The van der Waals surface area contributed by atoms with Crippen LogP contribution in [0, 0.1) is 0 Å². The number of likely N-dealkylation sites (N-methyl/N-ethyl adjacent to an activating group) is 1. The summed E-state index contributed by atoms with van der Waals surface area (Å²) in [5.74, 6) is -2.28. The van der Waals surface area contributed by atoms with Gasteiger partial charge in [-0.05, 0) is 89.9 Å². The SMILES string of the molecule is CC/C=C\C/C=C\C/C=C\C/C=C\CCCCCCCCCCCCCCC(=O)OC(COC(=O)CCCCCCCCCCCCCC/C=C\C/C=C\C/C=C\CCCCCCC)COC(OCC[N+](C)(C)C)C(=O)[O-]. The van der Waals surface area contributed by atoms with Crippen molar-refractivity contribution >= 4 is 17.9 Å². The summed E-state index contributed by atoms with van der Waals surface area (Å²) >= 11 is 0. The molecule has 0 spiro atoms. The molecular formula is C68H119NO8. The Morgan fingerprint density at radius 3 is 1.10 bits per heavy atom. The Kier molecular flexibility index (Phi) is 55.9. The maximum Gasteiger partial charge on any atom is 0.306 e. The number of nitrogens with zero attached hydrogens (tertiary/aromatic N) is 1. The van der Waals surface area contributed by atoms with Gasteiger partial charge in [-0.2, -0.15) is 0 Å². The van der Waals surface area contributed by atoms with E-state index in [0.29, 0.717) is 17.4 Å². The van der Waals surface area contributed by atoms with E-state index < -0.39 is 24.3 Å². The normalized spacial score (nSPS) is 13.3. The molecule has 2 unspecified atom stereocenters. The molecule has 0 fully saturated rings. The second-order valence-electron chi connectivity index (χ2n) is 22.3. The molecule has 0 aromatic carbocycles. The first kappa shape index (κ1) is 73.5. The van der Waals surface area contributed by atoms with Gasteiger partial charge in [0.05, 0.1) is 40.3 Å². The molecule has 9 heteroatoms. The van der Waals surface area contributed by atoms with E-state index in [1.54, 1.807) is 0 Å². The summed E-state index contributed by atoms with van der Waals surface area (Å²) in [6.45, 7) is 4.64. The molecule has 0 aliphatic carbocycles. The highest BCUT2D eigenvalue weighted by Crippen LogP contribution is 2.16. The van der Waals surface area contributed by atoms with Crippen LogP contribution >= 0.6 is 0 Å². The summed E-state index contributed by atoms with van der Waals surface area (Å²) in [7, 11) is 5.92. The molecule has 0 aliphatic heterocycles. The molecule has 0 rings (SSSR count). The van der Waals surface area contributed by atoms with Gasteiger partial charge in [0.2, 0.25) is 0 Å². The van der Waals surface area contributed by atoms with E-state index >= 15 is 0 Å². The van der Waals surface area contributed by atoms with Crippen molar-refractivity contribution in [1.29, 1.82) is 0 Å². The van der Waals surface area contributed by atoms with Crippen molar-refractivity contribution in [3.8, 4) is 0 Å². The minimum Gasteiger partial charge on any atom is -0.545 e. The summed E-state index contributed by atoms with van der Waals surface area (Å²) in [4.78, 5) is 37.4. The zero-order chi connectivity index (χ0) is 56.2. The number of ether oxygens (including phenoxy) is 4. The summed E-state index contributed by atoms with van der Waals surface area (Å²) in [5, 5.41) is 11.8. The number of carbonyl (C=O) groups excluding carboxylic acids is 3. The number of carboxylic acid groups (broad SMARTS) is 1. The van der Waals surface area contributed by atoms with Crippen LogP contribution in [-0.4, -0.2) is 82.3 Å². The number of carbonyl (C=O) groups is 3. The van der Waals surface area contributed by atoms with Gasteiger partial charge in [-0.15, -0.1) is 0 Å². The van der Waals surface area contributed by atoms with Crippen LogP contribution in [0.2, 0.25) is 0 Å². The largest absolute Gasteiger partial charge is 0.545 e. The van der Waals surface area contributed by atoms with E-state index in [1.165, 1.54) is 161 Å². The van der Waals surface area contributed by atoms with Crippen LogP contribution in [0.3, 0.4) is 0 Å². The van der Waals surface area contributed by atoms with E-state index in [4.69, 9.17) is 18.9 Å². The van der Waals surface area contributed by atoms with Crippen molar-refractivity contribution in [2.75, 3.05) is 47.5 Å². The number of aliphatic carboxylic acids is 1. The maximum atomic E-state index is 12.9. The lowest BCUT2D eigenvalue weighted by atomic mass is 10.0. The Balaban J connectivity index is 4.19. The highest BCUT2D eigenvalue weighted by molar-refractivity contribution is 5.70. The minimum atomic E-state index is -1.63. The molecular weight excluding hydrogens is 959 g/mol. The number of esters is 2. The average molecular weight is 1080 g/mol. The van der Waals surface area contributed by atoms with Gasteiger partial charge in [0.25, 0.3) is 0 Å². The van der Waals surface area contributed by atoms with Crippen LogP contribution < -0.4 is 5.11 Å². The van der Waals surface area contributed by atoms with E-state index in [-0.39, 0.29) is 38.6 Å². The van der Waals surface area contributed by atoms with Crippen molar-refractivity contribution in [2.24, 2.45) is 0 Å². The Labute approximate surface area is 474 Å². The summed E-state index contributed by atoms with van der Waals surface area (Å²) < 4.78 is 22.8. The lowest BCUT2D eigenvalue weighted by molar-refractivity contribution is -0.870. The number of quaternary nitrogens is 1. The van der Waals surface area contributed by atoms with Crippen LogP contribution in [0.1, 0.15) is 271 Å². The first-order valence-corrected chi connectivity index (χ1v) is 31.7. The van der Waals surface area contributed by atoms with E-state index in [9.17, 15) is 19.5 Å². The summed E-state index contributed by atoms with van der Waals surface area (Å²) in [6, 6.07) is 0. The van der Waals surface area contributed by atoms with Crippen LogP contribution in [0.4, 0.5) is 0 Å². The fraction of sp³-hybridized carbons (Fsp3) is 0.750. The molecule has 0 saturated carbocycles. The van der Waals surface area contributed by atoms with Crippen LogP contribution in [0.5, 0.6) is 0 Å². The number of carboxylic acids is 1. The fourth-order valence-corrected chi connectivity index (χ4v) is 8.77. The predicted octanol–water partition coefficient (Wildman–Crippen LogP) is 17.8. The second kappa shape index (κ2) is 58.6. The molecule has 0 radical (unpaired) electrons. The summed E-state index contributed by atoms with van der Waals surface area (Å²) in [5.41, 5.74) is 0. The molecule has 0 bridgehead atoms. The Morgan fingerprint density at radius 1 is 0.403 bits per heavy atom. The molecule has 0 aliphatic rings. The van der Waals surface area contributed by atoms with Gasteiger partial charge >= 0.3 is 11.9 Å². The number of hydrogen-bond acceptors (Lipinski definition) is 8. The molecule has 0 heterocycles. The lowest BCUT2D eigenvalue weighted by Gasteiger charge is -2.26. The Hall–Kier alpha value is -3.53. The fourth-order valence-electron chi connectivity index (χ4n) is 8.77. The topological polar surface area (TPSA) is 111 Å². The molecule has 9 nitrogen and oxygen atoms in total. The molecule has 0 amide bonds. The third kappa shape index (κ3) is 60.0. The van der Waals surface area contributed by atoms with E-state index in [1.807, 2.05) is 21.1 Å². The standard InChI is InChI=1S/C68H119NO8/c1-6-8-10-12-14-16-18-20-22-24-26-28-30-32-33-35-36-38-40-42-44-46-48-50-52-54-56-58-65(70)75-62-64(63-76-68(67(72)73)74-61-60-69(3,4)5)77-66(71)59-57-55-53-51-49-47-45-43-41-39-37-34-31-29-27-25-23-21-19-17-15-13-11-9-7-2/h9,11,15,17-18,20-21,23-24,26-27,29-30,32,64,68H,6-8,10,12-14,16,19,22,25,28,31,33-63H2,1-5H3/b11-9-,17-15-,20-18-,23-21-,26-24-,29-27-,32-30-. The molecule has 2 atom stereocenters. The minimum absolute atomic E-state index is 0.144. The van der Waals surface area contributed by atoms with Crippen molar-refractivity contribution in [3.05, 3.63) is 85.1 Å².